The Bertz CT molecular complexity index is 709. The minimum atomic E-state index is 0.395. The lowest BCUT2D eigenvalue weighted by Gasteiger charge is -2.03. The number of aryl methyl sites for hydroxylation is 1. The third-order valence-electron chi connectivity index (χ3n) is 2.97. The average molecular weight is 256 g/mol. The molecule has 3 aromatic heterocycles. The smallest absolute Gasteiger partial charge is 0.156 e. The van der Waals surface area contributed by atoms with E-state index in [1.807, 2.05) is 24.0 Å². The number of hydrogen-bond donors (Lipinski definition) is 1. The molecule has 0 saturated heterocycles. The molecule has 3 heterocycles. The van der Waals surface area contributed by atoms with Crippen LogP contribution in [0.25, 0.3) is 5.52 Å². The summed E-state index contributed by atoms with van der Waals surface area (Å²) in [4.78, 5) is 4.38. The summed E-state index contributed by atoms with van der Waals surface area (Å²) in [7, 11) is 1.88. The fraction of sp³-hybridized carbons (Fsp3) is 0.308. The van der Waals surface area contributed by atoms with Gasteiger partial charge in [-0.25, -0.2) is 9.50 Å². The molecule has 0 bridgehead atoms. The second-order valence-electron chi connectivity index (χ2n) is 4.86. The molecule has 0 aliphatic heterocycles. The van der Waals surface area contributed by atoms with Gasteiger partial charge in [0.1, 0.15) is 5.52 Å². The molecule has 0 aliphatic rings. The second-order valence-corrected chi connectivity index (χ2v) is 4.86. The van der Waals surface area contributed by atoms with E-state index in [1.165, 1.54) is 0 Å². The first-order valence-corrected chi connectivity index (χ1v) is 6.23. The maximum absolute atomic E-state index is 4.54. The van der Waals surface area contributed by atoms with Crippen molar-refractivity contribution in [1.29, 1.82) is 0 Å². The molecule has 0 aromatic carbocycles. The van der Waals surface area contributed by atoms with Crippen LogP contribution in [0.5, 0.6) is 0 Å². The maximum Gasteiger partial charge on any atom is 0.156 e. The molecule has 6 heteroatoms. The summed E-state index contributed by atoms with van der Waals surface area (Å²) in [5, 5.41) is 11.9. The predicted octanol–water partition coefficient (Wildman–Crippen LogP) is 2.33. The van der Waals surface area contributed by atoms with Crippen molar-refractivity contribution in [3.63, 3.8) is 0 Å². The van der Waals surface area contributed by atoms with Gasteiger partial charge < -0.3 is 5.32 Å². The van der Waals surface area contributed by atoms with Gasteiger partial charge in [-0.1, -0.05) is 13.8 Å². The van der Waals surface area contributed by atoms with E-state index in [0.717, 1.165) is 22.7 Å². The number of nitrogens with one attached hydrogen (secondary N) is 1. The second kappa shape index (κ2) is 4.38. The molecule has 3 rings (SSSR count). The summed E-state index contributed by atoms with van der Waals surface area (Å²) >= 11 is 0. The summed E-state index contributed by atoms with van der Waals surface area (Å²) in [5.74, 6) is 1.18. The zero-order valence-corrected chi connectivity index (χ0v) is 11.2. The minimum Gasteiger partial charge on any atom is -0.336 e. The number of rotatable bonds is 3. The van der Waals surface area contributed by atoms with Crippen LogP contribution in [0.1, 0.15) is 25.5 Å². The van der Waals surface area contributed by atoms with Crippen LogP contribution in [0.3, 0.4) is 0 Å². The van der Waals surface area contributed by atoms with Gasteiger partial charge in [-0.15, -0.1) is 0 Å². The van der Waals surface area contributed by atoms with E-state index in [0.29, 0.717) is 5.92 Å². The van der Waals surface area contributed by atoms with Gasteiger partial charge in [0.05, 0.1) is 17.6 Å². The lowest BCUT2D eigenvalue weighted by molar-refractivity contribution is 0.768. The van der Waals surface area contributed by atoms with E-state index in [2.05, 4.69) is 40.4 Å². The van der Waals surface area contributed by atoms with Crippen LogP contribution in [-0.2, 0) is 7.05 Å². The van der Waals surface area contributed by atoms with E-state index < -0.39 is 0 Å². The summed E-state index contributed by atoms with van der Waals surface area (Å²) in [6, 6.07) is 2.07. The Kier molecular flexibility index (Phi) is 2.70. The molecule has 98 valence electrons. The molecule has 0 fully saturated rings. The van der Waals surface area contributed by atoms with Gasteiger partial charge in [0.2, 0.25) is 0 Å². The van der Waals surface area contributed by atoms with E-state index in [9.17, 15) is 0 Å². The molecule has 3 aromatic rings. The van der Waals surface area contributed by atoms with Crippen molar-refractivity contribution in [3.05, 3.63) is 36.5 Å². The van der Waals surface area contributed by atoms with Gasteiger partial charge in [-0.05, 0) is 12.0 Å². The molecular weight excluding hydrogens is 240 g/mol. The molecular formula is C13H16N6. The molecule has 6 nitrogen and oxygen atoms in total. The van der Waals surface area contributed by atoms with Gasteiger partial charge in [0, 0.05) is 25.6 Å². The molecule has 0 saturated carbocycles. The summed E-state index contributed by atoms with van der Waals surface area (Å²) in [6.45, 7) is 4.26. The Balaban J connectivity index is 2.03. The number of fused-ring (bicyclic) bond motifs is 1. The third-order valence-corrected chi connectivity index (χ3v) is 2.97. The van der Waals surface area contributed by atoms with Crippen LogP contribution in [0.4, 0.5) is 11.5 Å². The van der Waals surface area contributed by atoms with E-state index >= 15 is 0 Å². The first-order chi connectivity index (χ1) is 9.13. The molecule has 0 aliphatic carbocycles. The van der Waals surface area contributed by atoms with E-state index in [1.54, 1.807) is 17.1 Å². The quantitative estimate of drug-likeness (QED) is 0.781. The first-order valence-electron chi connectivity index (χ1n) is 6.23. The molecule has 19 heavy (non-hydrogen) atoms. The van der Waals surface area contributed by atoms with Crippen molar-refractivity contribution in [2.75, 3.05) is 5.32 Å². The van der Waals surface area contributed by atoms with Crippen molar-refractivity contribution < 1.29 is 0 Å². The van der Waals surface area contributed by atoms with Gasteiger partial charge >= 0.3 is 0 Å². The lowest BCUT2D eigenvalue weighted by atomic mass is 10.1. The van der Waals surface area contributed by atoms with Crippen LogP contribution in [0.15, 0.2) is 30.9 Å². The van der Waals surface area contributed by atoms with Gasteiger partial charge in [-0.3, -0.25) is 4.68 Å². The van der Waals surface area contributed by atoms with Gasteiger partial charge in [0.25, 0.3) is 0 Å². The average Bonchev–Trinajstić information content (AvgIpc) is 2.96. The Labute approximate surface area is 111 Å². The largest absolute Gasteiger partial charge is 0.336 e. The molecule has 0 amide bonds. The highest BCUT2D eigenvalue weighted by Crippen LogP contribution is 2.22. The zero-order chi connectivity index (χ0) is 13.4. The Morgan fingerprint density at radius 3 is 2.84 bits per heavy atom. The minimum absolute atomic E-state index is 0.395. The number of hydrogen-bond acceptors (Lipinski definition) is 4. The van der Waals surface area contributed by atoms with Crippen LogP contribution in [-0.4, -0.2) is 24.4 Å². The molecule has 1 N–H and O–H groups in total. The van der Waals surface area contributed by atoms with Crippen molar-refractivity contribution in [1.82, 2.24) is 24.4 Å². The van der Waals surface area contributed by atoms with Crippen molar-refractivity contribution >= 4 is 17.0 Å². The zero-order valence-electron chi connectivity index (χ0n) is 11.2. The fourth-order valence-electron chi connectivity index (χ4n) is 1.94. The number of nitrogens with zero attached hydrogens (tertiary/aromatic N) is 5. The summed E-state index contributed by atoms with van der Waals surface area (Å²) < 4.78 is 3.60. The number of anilines is 2. The lowest BCUT2D eigenvalue weighted by Crippen LogP contribution is -1.97. The van der Waals surface area contributed by atoms with Crippen molar-refractivity contribution in [2.45, 2.75) is 19.8 Å². The van der Waals surface area contributed by atoms with Crippen molar-refractivity contribution in [2.24, 2.45) is 7.05 Å². The summed E-state index contributed by atoms with van der Waals surface area (Å²) in [5.41, 5.74) is 2.94. The Morgan fingerprint density at radius 1 is 1.32 bits per heavy atom. The van der Waals surface area contributed by atoms with Crippen LogP contribution in [0.2, 0.25) is 0 Å². The third kappa shape index (κ3) is 2.16. The molecule has 0 unspecified atom stereocenters. The fourth-order valence-corrected chi connectivity index (χ4v) is 1.94. The van der Waals surface area contributed by atoms with E-state index in [4.69, 9.17) is 0 Å². The van der Waals surface area contributed by atoms with Crippen molar-refractivity contribution in [3.8, 4) is 0 Å². The standard InChI is InChI=1S/C13H16N6/c1-9(2)11-6-12-13(14-4-5-19(12)17-11)16-10-7-15-18(3)8-10/h4-9H,1-3H3,(H,14,16). The highest BCUT2D eigenvalue weighted by molar-refractivity contribution is 5.72. The Hall–Kier alpha value is -2.37. The SMILES string of the molecule is CC(C)c1cc2c(Nc3cnn(C)c3)nccn2n1. The number of aromatic nitrogens is 5. The van der Waals surface area contributed by atoms with Gasteiger partial charge in [-0.2, -0.15) is 10.2 Å². The Morgan fingerprint density at radius 2 is 2.16 bits per heavy atom. The molecule has 0 spiro atoms. The maximum atomic E-state index is 4.54. The first kappa shape index (κ1) is 11.7. The highest BCUT2D eigenvalue weighted by atomic mass is 15.3. The molecule has 0 radical (unpaired) electrons. The highest BCUT2D eigenvalue weighted by Gasteiger charge is 2.10. The van der Waals surface area contributed by atoms with Crippen LogP contribution < -0.4 is 5.32 Å². The topological polar surface area (TPSA) is 60.0 Å². The summed E-state index contributed by atoms with van der Waals surface area (Å²) in [6.07, 6.45) is 7.27. The van der Waals surface area contributed by atoms with Crippen LogP contribution >= 0.6 is 0 Å². The normalized spacial score (nSPS) is 11.4. The van der Waals surface area contributed by atoms with Gasteiger partial charge in [0.15, 0.2) is 5.82 Å². The van der Waals surface area contributed by atoms with Crippen LogP contribution in [0, 0.1) is 0 Å². The monoisotopic (exact) mass is 256 g/mol. The molecule has 0 atom stereocenters. The predicted molar refractivity (Wildman–Crippen MR) is 73.6 cm³/mol. The van der Waals surface area contributed by atoms with E-state index in [-0.39, 0.29) is 0 Å².